The van der Waals surface area contributed by atoms with Crippen LogP contribution in [0.25, 0.3) is 5.69 Å². The fraction of sp³-hybridized carbons (Fsp3) is 0.385. The Morgan fingerprint density at radius 1 is 1.12 bits per heavy atom. The van der Waals surface area contributed by atoms with Gasteiger partial charge in [-0.3, -0.25) is 0 Å². The molecule has 1 N–H and O–H groups in total. The Labute approximate surface area is 101 Å². The molecule has 1 fully saturated rings. The first-order valence-corrected chi connectivity index (χ1v) is 6.15. The Bertz CT molecular complexity index is 471. The van der Waals surface area contributed by atoms with E-state index in [1.165, 1.54) is 25.7 Å². The molecule has 4 heteroatoms. The highest BCUT2D eigenvalue weighted by molar-refractivity contribution is 5.32. The fourth-order valence-corrected chi connectivity index (χ4v) is 2.29. The number of benzene rings is 1. The maximum absolute atomic E-state index is 4.44. The van der Waals surface area contributed by atoms with Crippen molar-refractivity contribution in [1.29, 1.82) is 0 Å². The summed E-state index contributed by atoms with van der Waals surface area (Å²) in [6.45, 7) is 0. The molecular formula is C13H16N4. The van der Waals surface area contributed by atoms with Crippen molar-refractivity contribution in [2.45, 2.75) is 31.7 Å². The molecule has 1 aliphatic carbocycles. The van der Waals surface area contributed by atoms with E-state index in [-0.39, 0.29) is 0 Å². The number of anilines is 1. The van der Waals surface area contributed by atoms with E-state index in [9.17, 15) is 0 Å². The zero-order valence-corrected chi connectivity index (χ0v) is 9.71. The lowest BCUT2D eigenvalue weighted by Crippen LogP contribution is -2.15. The second kappa shape index (κ2) is 4.57. The summed E-state index contributed by atoms with van der Waals surface area (Å²) in [7, 11) is 0. The summed E-state index contributed by atoms with van der Waals surface area (Å²) in [6, 6.07) is 10.6. The molecule has 3 rings (SSSR count). The maximum Gasteiger partial charge on any atom is 0.242 e. The van der Waals surface area contributed by atoms with Crippen LogP contribution in [0.1, 0.15) is 25.7 Å². The second-order valence-electron chi connectivity index (χ2n) is 4.47. The molecule has 0 saturated heterocycles. The highest BCUT2D eigenvalue weighted by Gasteiger charge is 2.16. The van der Waals surface area contributed by atoms with Gasteiger partial charge in [-0.15, -0.1) is 5.10 Å². The van der Waals surface area contributed by atoms with Gasteiger partial charge in [-0.25, -0.2) is 9.67 Å². The smallest absolute Gasteiger partial charge is 0.242 e. The van der Waals surface area contributed by atoms with Crippen molar-refractivity contribution in [1.82, 2.24) is 14.8 Å². The molecule has 1 aromatic heterocycles. The molecule has 1 saturated carbocycles. The van der Waals surface area contributed by atoms with E-state index >= 15 is 0 Å². The largest absolute Gasteiger partial charge is 0.350 e. The minimum absolute atomic E-state index is 0.557. The summed E-state index contributed by atoms with van der Waals surface area (Å²) in [5.74, 6) is 0.737. The molecule has 4 nitrogen and oxygen atoms in total. The molecule has 1 heterocycles. The summed E-state index contributed by atoms with van der Waals surface area (Å²) in [5, 5.41) is 7.83. The van der Waals surface area contributed by atoms with Crippen molar-refractivity contribution in [2.75, 3.05) is 5.32 Å². The Morgan fingerprint density at radius 2 is 1.88 bits per heavy atom. The average Bonchev–Trinajstić information content (AvgIpc) is 3.02. The summed E-state index contributed by atoms with van der Waals surface area (Å²) in [6.07, 6.45) is 6.86. The van der Waals surface area contributed by atoms with Gasteiger partial charge in [0.1, 0.15) is 6.33 Å². The summed E-state index contributed by atoms with van der Waals surface area (Å²) < 4.78 is 1.80. The van der Waals surface area contributed by atoms with E-state index in [0.717, 1.165) is 11.6 Å². The van der Waals surface area contributed by atoms with E-state index in [2.05, 4.69) is 15.4 Å². The number of hydrogen-bond donors (Lipinski definition) is 1. The van der Waals surface area contributed by atoms with Gasteiger partial charge in [-0.05, 0) is 25.0 Å². The van der Waals surface area contributed by atoms with Crippen LogP contribution in [0.2, 0.25) is 0 Å². The molecule has 0 aliphatic heterocycles. The minimum Gasteiger partial charge on any atom is -0.350 e. The zero-order chi connectivity index (χ0) is 11.5. The molecule has 0 radical (unpaired) electrons. The van der Waals surface area contributed by atoms with Crippen LogP contribution < -0.4 is 5.32 Å². The Hall–Kier alpha value is -1.84. The monoisotopic (exact) mass is 228 g/mol. The quantitative estimate of drug-likeness (QED) is 0.878. The van der Waals surface area contributed by atoms with Crippen LogP contribution in [0.5, 0.6) is 0 Å². The van der Waals surface area contributed by atoms with Crippen LogP contribution in [0.15, 0.2) is 36.7 Å². The molecule has 1 aliphatic rings. The van der Waals surface area contributed by atoms with Crippen LogP contribution >= 0.6 is 0 Å². The zero-order valence-electron chi connectivity index (χ0n) is 9.71. The second-order valence-corrected chi connectivity index (χ2v) is 4.47. The molecule has 88 valence electrons. The first-order chi connectivity index (χ1) is 8.42. The number of para-hydroxylation sites is 1. The highest BCUT2D eigenvalue weighted by Crippen LogP contribution is 2.20. The predicted octanol–water partition coefficient (Wildman–Crippen LogP) is 2.62. The number of nitrogens with zero attached hydrogens (tertiary/aromatic N) is 3. The van der Waals surface area contributed by atoms with Gasteiger partial charge >= 0.3 is 0 Å². The number of rotatable bonds is 3. The van der Waals surface area contributed by atoms with Gasteiger partial charge in [0, 0.05) is 6.04 Å². The van der Waals surface area contributed by atoms with Gasteiger partial charge in [0.15, 0.2) is 0 Å². The van der Waals surface area contributed by atoms with E-state index in [1.807, 2.05) is 30.3 Å². The fourth-order valence-electron chi connectivity index (χ4n) is 2.29. The third-order valence-corrected chi connectivity index (χ3v) is 3.20. The van der Waals surface area contributed by atoms with Crippen LogP contribution in [0.3, 0.4) is 0 Å². The lowest BCUT2D eigenvalue weighted by Gasteiger charge is -2.08. The van der Waals surface area contributed by atoms with E-state index < -0.39 is 0 Å². The van der Waals surface area contributed by atoms with Crippen molar-refractivity contribution >= 4 is 5.95 Å². The van der Waals surface area contributed by atoms with E-state index in [0.29, 0.717) is 6.04 Å². The SMILES string of the molecule is c1ccc(-n2cnc(NC3CCCC3)n2)cc1. The van der Waals surface area contributed by atoms with E-state index in [4.69, 9.17) is 0 Å². The summed E-state index contributed by atoms with van der Waals surface area (Å²) >= 11 is 0. The first kappa shape index (κ1) is 10.3. The lowest BCUT2D eigenvalue weighted by atomic mass is 10.3. The number of aromatic nitrogens is 3. The van der Waals surface area contributed by atoms with Crippen LogP contribution in [-0.4, -0.2) is 20.8 Å². The van der Waals surface area contributed by atoms with Crippen molar-refractivity contribution in [2.24, 2.45) is 0 Å². The van der Waals surface area contributed by atoms with Crippen LogP contribution in [0.4, 0.5) is 5.95 Å². The molecule has 0 atom stereocenters. The van der Waals surface area contributed by atoms with E-state index in [1.54, 1.807) is 11.0 Å². The van der Waals surface area contributed by atoms with Gasteiger partial charge in [-0.2, -0.15) is 0 Å². The Balaban J connectivity index is 1.74. The number of nitrogens with one attached hydrogen (secondary N) is 1. The van der Waals surface area contributed by atoms with Crippen LogP contribution in [-0.2, 0) is 0 Å². The van der Waals surface area contributed by atoms with Gasteiger partial charge < -0.3 is 5.32 Å². The van der Waals surface area contributed by atoms with Gasteiger partial charge in [0.2, 0.25) is 5.95 Å². The molecule has 0 unspecified atom stereocenters. The molecular weight excluding hydrogens is 212 g/mol. The van der Waals surface area contributed by atoms with Crippen molar-refractivity contribution in [3.8, 4) is 5.69 Å². The minimum atomic E-state index is 0.557. The normalized spacial score (nSPS) is 16.2. The van der Waals surface area contributed by atoms with Gasteiger partial charge in [0.25, 0.3) is 0 Å². The van der Waals surface area contributed by atoms with Crippen molar-refractivity contribution in [3.63, 3.8) is 0 Å². The molecule has 0 bridgehead atoms. The topological polar surface area (TPSA) is 42.7 Å². The van der Waals surface area contributed by atoms with Gasteiger partial charge in [0.05, 0.1) is 5.69 Å². The van der Waals surface area contributed by atoms with Crippen molar-refractivity contribution < 1.29 is 0 Å². The van der Waals surface area contributed by atoms with Gasteiger partial charge in [-0.1, -0.05) is 31.0 Å². The summed E-state index contributed by atoms with van der Waals surface area (Å²) in [4.78, 5) is 4.30. The Kier molecular flexibility index (Phi) is 2.78. The lowest BCUT2D eigenvalue weighted by molar-refractivity contribution is 0.741. The molecule has 17 heavy (non-hydrogen) atoms. The maximum atomic E-state index is 4.44. The Morgan fingerprint density at radius 3 is 2.65 bits per heavy atom. The third kappa shape index (κ3) is 2.30. The summed E-state index contributed by atoms with van der Waals surface area (Å²) in [5.41, 5.74) is 1.04. The average molecular weight is 228 g/mol. The van der Waals surface area contributed by atoms with Crippen molar-refractivity contribution in [3.05, 3.63) is 36.7 Å². The molecule has 0 amide bonds. The predicted molar refractivity (Wildman–Crippen MR) is 67.2 cm³/mol. The molecule has 2 aromatic rings. The molecule has 0 spiro atoms. The standard InChI is InChI=1S/C13H16N4/c1-2-8-12(9-3-1)17-10-14-13(16-17)15-11-6-4-5-7-11/h1-3,8-11H,4-7H2,(H,15,16). The van der Waals surface area contributed by atoms with Crippen LogP contribution in [0, 0.1) is 0 Å². The highest BCUT2D eigenvalue weighted by atomic mass is 15.4. The number of hydrogen-bond acceptors (Lipinski definition) is 3. The first-order valence-electron chi connectivity index (χ1n) is 6.15. The molecule has 1 aromatic carbocycles. The third-order valence-electron chi connectivity index (χ3n) is 3.20.